The topological polar surface area (TPSA) is 56.8 Å². The van der Waals surface area contributed by atoms with Gasteiger partial charge in [0, 0.05) is 17.7 Å². The molecular formula is C16H14ClNO4. The lowest BCUT2D eigenvalue weighted by molar-refractivity contribution is 0.102. The number of anilines is 1. The Morgan fingerprint density at radius 1 is 1.14 bits per heavy atom. The molecule has 0 bridgehead atoms. The largest absolute Gasteiger partial charge is 0.497 e. The van der Waals surface area contributed by atoms with Gasteiger partial charge in [-0.3, -0.25) is 4.79 Å². The van der Waals surface area contributed by atoms with Crippen LogP contribution in [-0.2, 0) is 0 Å². The number of methoxy groups -OCH3 is 1. The molecule has 0 unspecified atom stereocenters. The number of carbonyl (C=O) groups is 1. The lowest BCUT2D eigenvalue weighted by Gasteiger charge is -2.20. The van der Waals surface area contributed by atoms with E-state index in [-0.39, 0.29) is 5.91 Å². The minimum atomic E-state index is -0.263. The van der Waals surface area contributed by atoms with Gasteiger partial charge in [0.15, 0.2) is 11.5 Å². The van der Waals surface area contributed by atoms with E-state index in [9.17, 15) is 4.79 Å². The Labute approximate surface area is 132 Å². The average molecular weight is 320 g/mol. The maximum atomic E-state index is 12.3. The average Bonchev–Trinajstić information content (AvgIpc) is 2.55. The molecule has 5 nitrogen and oxygen atoms in total. The lowest BCUT2D eigenvalue weighted by Crippen LogP contribution is -2.16. The molecule has 0 saturated heterocycles. The minimum Gasteiger partial charge on any atom is -0.497 e. The molecule has 1 N–H and O–H groups in total. The second-order valence-electron chi connectivity index (χ2n) is 4.66. The van der Waals surface area contributed by atoms with Crippen LogP contribution in [0.3, 0.4) is 0 Å². The summed E-state index contributed by atoms with van der Waals surface area (Å²) >= 11 is 6.17. The van der Waals surface area contributed by atoms with E-state index in [2.05, 4.69) is 5.32 Å². The normalized spacial score (nSPS) is 12.6. The van der Waals surface area contributed by atoms with Crippen molar-refractivity contribution >= 4 is 23.2 Å². The molecule has 1 aliphatic rings. The molecular weight excluding hydrogens is 306 g/mol. The molecule has 3 rings (SSSR count). The van der Waals surface area contributed by atoms with E-state index >= 15 is 0 Å². The molecule has 0 fully saturated rings. The van der Waals surface area contributed by atoms with E-state index in [1.54, 1.807) is 43.5 Å². The Morgan fingerprint density at radius 3 is 2.41 bits per heavy atom. The number of rotatable bonds is 3. The molecule has 1 amide bonds. The van der Waals surface area contributed by atoms with Gasteiger partial charge in [0.05, 0.1) is 17.8 Å². The second-order valence-corrected chi connectivity index (χ2v) is 5.07. The zero-order chi connectivity index (χ0) is 15.5. The monoisotopic (exact) mass is 319 g/mol. The van der Waals surface area contributed by atoms with Gasteiger partial charge in [-0.1, -0.05) is 11.6 Å². The van der Waals surface area contributed by atoms with Crippen molar-refractivity contribution in [1.82, 2.24) is 0 Å². The van der Waals surface area contributed by atoms with E-state index in [1.807, 2.05) is 0 Å². The van der Waals surface area contributed by atoms with Crippen LogP contribution in [0.4, 0.5) is 5.69 Å². The quantitative estimate of drug-likeness (QED) is 0.942. The molecule has 0 aliphatic carbocycles. The van der Waals surface area contributed by atoms with Gasteiger partial charge < -0.3 is 19.5 Å². The number of benzene rings is 2. The number of carbonyl (C=O) groups excluding carboxylic acids is 1. The van der Waals surface area contributed by atoms with E-state index < -0.39 is 0 Å². The summed E-state index contributed by atoms with van der Waals surface area (Å²) in [5.74, 6) is 1.58. The second kappa shape index (κ2) is 6.15. The van der Waals surface area contributed by atoms with Crippen molar-refractivity contribution in [3.05, 3.63) is 47.0 Å². The molecule has 0 atom stereocenters. The first-order valence-electron chi connectivity index (χ1n) is 6.72. The van der Waals surface area contributed by atoms with Gasteiger partial charge in [0.1, 0.15) is 19.0 Å². The fraction of sp³-hybridized carbons (Fsp3) is 0.188. The van der Waals surface area contributed by atoms with Crippen molar-refractivity contribution in [3.8, 4) is 17.2 Å². The summed E-state index contributed by atoms with van der Waals surface area (Å²) in [5.41, 5.74) is 0.985. The third kappa shape index (κ3) is 2.94. The summed E-state index contributed by atoms with van der Waals surface area (Å²) < 4.78 is 16.0. The number of ether oxygens (including phenoxy) is 3. The lowest BCUT2D eigenvalue weighted by atomic mass is 10.2. The number of hydrogen-bond donors (Lipinski definition) is 1. The third-order valence-electron chi connectivity index (χ3n) is 3.23. The van der Waals surface area contributed by atoms with Crippen molar-refractivity contribution in [2.24, 2.45) is 0 Å². The molecule has 2 aromatic rings. The van der Waals surface area contributed by atoms with Gasteiger partial charge in [-0.25, -0.2) is 0 Å². The number of fused-ring (bicyclic) bond motifs is 1. The van der Waals surface area contributed by atoms with Crippen molar-refractivity contribution < 1.29 is 19.0 Å². The molecule has 1 aliphatic heterocycles. The van der Waals surface area contributed by atoms with Crippen molar-refractivity contribution in [2.75, 3.05) is 25.6 Å². The van der Waals surface area contributed by atoms with E-state index in [1.165, 1.54) is 0 Å². The first kappa shape index (κ1) is 14.5. The summed E-state index contributed by atoms with van der Waals surface area (Å²) in [6, 6.07) is 10.1. The maximum absolute atomic E-state index is 12.3. The molecule has 0 aromatic heterocycles. The van der Waals surface area contributed by atoms with Gasteiger partial charge in [0.25, 0.3) is 5.91 Å². The standard InChI is InChI=1S/C16H14ClNO4/c1-20-11-4-2-10(3-5-11)16(19)18-13-9-15-14(8-12(13)17)21-6-7-22-15/h2-5,8-9H,6-7H2,1H3,(H,18,19). The highest BCUT2D eigenvalue weighted by Gasteiger charge is 2.16. The van der Waals surface area contributed by atoms with Crippen LogP contribution in [0.2, 0.25) is 5.02 Å². The van der Waals surface area contributed by atoms with Crippen LogP contribution >= 0.6 is 11.6 Å². The van der Waals surface area contributed by atoms with Crippen LogP contribution in [0, 0.1) is 0 Å². The number of nitrogens with one attached hydrogen (secondary N) is 1. The van der Waals surface area contributed by atoms with Crippen LogP contribution in [0.5, 0.6) is 17.2 Å². The highest BCUT2D eigenvalue weighted by atomic mass is 35.5. The van der Waals surface area contributed by atoms with Crippen LogP contribution in [0.1, 0.15) is 10.4 Å². The van der Waals surface area contributed by atoms with Crippen molar-refractivity contribution in [1.29, 1.82) is 0 Å². The van der Waals surface area contributed by atoms with Gasteiger partial charge in [-0.05, 0) is 24.3 Å². The molecule has 1 heterocycles. The molecule has 114 valence electrons. The van der Waals surface area contributed by atoms with Crippen LogP contribution in [-0.4, -0.2) is 26.2 Å². The van der Waals surface area contributed by atoms with E-state index in [4.69, 9.17) is 25.8 Å². The summed E-state index contributed by atoms with van der Waals surface area (Å²) in [6.07, 6.45) is 0. The Bertz CT molecular complexity index is 700. The van der Waals surface area contributed by atoms with Crippen LogP contribution < -0.4 is 19.5 Å². The summed E-state index contributed by atoms with van der Waals surface area (Å²) in [7, 11) is 1.57. The SMILES string of the molecule is COc1ccc(C(=O)Nc2cc3c(cc2Cl)OCCO3)cc1. The zero-order valence-corrected chi connectivity index (χ0v) is 12.6. The minimum absolute atomic E-state index is 0.263. The number of hydrogen-bond acceptors (Lipinski definition) is 4. The first-order chi connectivity index (χ1) is 10.7. The van der Waals surface area contributed by atoms with Crippen LogP contribution in [0.25, 0.3) is 0 Å². The Morgan fingerprint density at radius 2 is 1.77 bits per heavy atom. The van der Waals surface area contributed by atoms with Crippen molar-refractivity contribution in [2.45, 2.75) is 0 Å². The smallest absolute Gasteiger partial charge is 0.255 e. The molecule has 0 saturated carbocycles. The maximum Gasteiger partial charge on any atom is 0.255 e. The molecule has 2 aromatic carbocycles. The summed E-state index contributed by atoms with van der Waals surface area (Å²) in [4.78, 5) is 12.3. The van der Waals surface area contributed by atoms with Gasteiger partial charge in [0.2, 0.25) is 0 Å². The van der Waals surface area contributed by atoms with Gasteiger partial charge in [-0.2, -0.15) is 0 Å². The number of halogens is 1. The number of amides is 1. The van der Waals surface area contributed by atoms with Crippen molar-refractivity contribution in [3.63, 3.8) is 0 Å². The highest BCUT2D eigenvalue weighted by Crippen LogP contribution is 2.38. The predicted molar refractivity (Wildman–Crippen MR) is 83.4 cm³/mol. The van der Waals surface area contributed by atoms with Gasteiger partial charge >= 0.3 is 0 Å². The predicted octanol–water partition coefficient (Wildman–Crippen LogP) is 3.37. The van der Waals surface area contributed by atoms with E-state index in [0.29, 0.717) is 46.7 Å². The summed E-state index contributed by atoms with van der Waals surface area (Å²) in [6.45, 7) is 0.960. The summed E-state index contributed by atoms with van der Waals surface area (Å²) in [5, 5.41) is 3.16. The third-order valence-corrected chi connectivity index (χ3v) is 3.54. The van der Waals surface area contributed by atoms with Gasteiger partial charge in [-0.15, -0.1) is 0 Å². The zero-order valence-electron chi connectivity index (χ0n) is 11.9. The van der Waals surface area contributed by atoms with Crippen LogP contribution in [0.15, 0.2) is 36.4 Å². The fourth-order valence-corrected chi connectivity index (χ4v) is 2.30. The Hall–Kier alpha value is -2.40. The molecule has 0 radical (unpaired) electrons. The first-order valence-corrected chi connectivity index (χ1v) is 7.10. The Kier molecular flexibility index (Phi) is 4.06. The molecule has 0 spiro atoms. The molecule has 22 heavy (non-hydrogen) atoms. The fourth-order valence-electron chi connectivity index (χ4n) is 2.10. The van der Waals surface area contributed by atoms with E-state index in [0.717, 1.165) is 0 Å². The molecule has 6 heteroatoms. The highest BCUT2D eigenvalue weighted by molar-refractivity contribution is 6.34. The Balaban J connectivity index is 1.81.